The molecule has 0 saturated heterocycles. The van der Waals surface area contributed by atoms with Crippen LogP contribution in [-0.4, -0.2) is 22.9 Å². The minimum absolute atomic E-state index is 0.0455. The Hall–Kier alpha value is -1.55. The van der Waals surface area contributed by atoms with Gasteiger partial charge in [0, 0.05) is 12.6 Å². The molecule has 106 valence electrons. The second-order valence-electron chi connectivity index (χ2n) is 4.74. The summed E-state index contributed by atoms with van der Waals surface area (Å²) in [6.45, 7) is 0.753. The highest BCUT2D eigenvalue weighted by Crippen LogP contribution is 2.24. The van der Waals surface area contributed by atoms with Gasteiger partial charge < -0.3 is 15.5 Å². The lowest BCUT2D eigenvalue weighted by molar-refractivity contribution is 0.241. The van der Waals surface area contributed by atoms with E-state index in [1.807, 2.05) is 36.4 Å². The Bertz CT molecular complexity index is 545. The summed E-state index contributed by atoms with van der Waals surface area (Å²) >= 11 is 5.88. The summed E-state index contributed by atoms with van der Waals surface area (Å²) in [6, 6.07) is 15.1. The normalized spacial score (nSPS) is 12.3. The van der Waals surface area contributed by atoms with Crippen LogP contribution in [0, 0.1) is 0 Å². The molecule has 2 aromatic rings. The Morgan fingerprint density at radius 1 is 1.05 bits per heavy atom. The number of phenolic OH excluding ortho intramolecular Hbond substituents is 1. The summed E-state index contributed by atoms with van der Waals surface area (Å²) in [5, 5.41) is 22.5. The Kier molecular flexibility index (Phi) is 5.41. The van der Waals surface area contributed by atoms with Crippen molar-refractivity contribution in [2.24, 2.45) is 0 Å². The fourth-order valence-corrected chi connectivity index (χ4v) is 2.22. The van der Waals surface area contributed by atoms with Gasteiger partial charge in [-0.05, 0) is 29.7 Å². The topological polar surface area (TPSA) is 52.5 Å². The number of hydrogen-bond acceptors (Lipinski definition) is 3. The van der Waals surface area contributed by atoms with Gasteiger partial charge in [0.2, 0.25) is 0 Å². The molecule has 0 aliphatic carbocycles. The van der Waals surface area contributed by atoms with E-state index in [2.05, 4.69) is 5.32 Å². The number of benzene rings is 2. The van der Waals surface area contributed by atoms with Gasteiger partial charge in [-0.15, -0.1) is 0 Å². The van der Waals surface area contributed by atoms with Gasteiger partial charge >= 0.3 is 0 Å². The summed E-state index contributed by atoms with van der Waals surface area (Å²) in [6.07, 6.45) is 0.656. The maximum Gasteiger partial charge on any atom is 0.134 e. The standard InChI is InChI=1S/C16H18ClNO2/c17-15-9-13(6-7-16(15)20)8-14(11-19)18-10-12-4-2-1-3-5-12/h1-7,9,14,18-20H,8,10-11H2. The van der Waals surface area contributed by atoms with Crippen LogP contribution < -0.4 is 5.32 Å². The van der Waals surface area contributed by atoms with Crippen molar-refractivity contribution in [1.29, 1.82) is 0 Å². The van der Waals surface area contributed by atoms with E-state index in [9.17, 15) is 10.2 Å². The summed E-state index contributed by atoms with van der Waals surface area (Å²) < 4.78 is 0. The second kappa shape index (κ2) is 7.29. The molecule has 0 bridgehead atoms. The van der Waals surface area contributed by atoms with E-state index in [-0.39, 0.29) is 18.4 Å². The fourth-order valence-electron chi connectivity index (χ4n) is 2.02. The van der Waals surface area contributed by atoms with E-state index in [0.29, 0.717) is 18.0 Å². The molecule has 2 aromatic carbocycles. The van der Waals surface area contributed by atoms with Crippen LogP contribution in [0.1, 0.15) is 11.1 Å². The van der Waals surface area contributed by atoms with Gasteiger partial charge in [-0.25, -0.2) is 0 Å². The third-order valence-electron chi connectivity index (χ3n) is 3.15. The smallest absolute Gasteiger partial charge is 0.134 e. The van der Waals surface area contributed by atoms with E-state index in [1.54, 1.807) is 12.1 Å². The summed E-state index contributed by atoms with van der Waals surface area (Å²) in [4.78, 5) is 0. The molecular weight excluding hydrogens is 274 g/mol. The zero-order chi connectivity index (χ0) is 14.4. The number of phenols is 1. The highest BCUT2D eigenvalue weighted by molar-refractivity contribution is 6.32. The van der Waals surface area contributed by atoms with Crippen LogP contribution in [0.4, 0.5) is 0 Å². The van der Waals surface area contributed by atoms with Crippen LogP contribution in [0.5, 0.6) is 5.75 Å². The fraction of sp³-hybridized carbons (Fsp3) is 0.250. The lowest BCUT2D eigenvalue weighted by Crippen LogP contribution is -2.34. The molecule has 0 radical (unpaired) electrons. The molecule has 0 aliphatic rings. The van der Waals surface area contributed by atoms with Crippen molar-refractivity contribution < 1.29 is 10.2 Å². The SMILES string of the molecule is OCC(Cc1ccc(O)c(Cl)c1)NCc1ccccc1. The zero-order valence-corrected chi connectivity index (χ0v) is 11.8. The van der Waals surface area contributed by atoms with Crippen molar-refractivity contribution >= 4 is 11.6 Å². The summed E-state index contributed by atoms with van der Waals surface area (Å²) in [5.74, 6) is 0.0770. The predicted octanol–water partition coefficient (Wildman–Crippen LogP) is 2.74. The maximum atomic E-state index is 9.44. The molecule has 0 saturated carbocycles. The Morgan fingerprint density at radius 2 is 1.80 bits per heavy atom. The molecule has 0 fully saturated rings. The van der Waals surface area contributed by atoms with Gasteiger partial charge in [0.25, 0.3) is 0 Å². The Balaban J connectivity index is 1.93. The van der Waals surface area contributed by atoms with Crippen molar-refractivity contribution in [3.63, 3.8) is 0 Å². The number of halogens is 1. The zero-order valence-electron chi connectivity index (χ0n) is 11.1. The number of rotatable bonds is 6. The monoisotopic (exact) mass is 291 g/mol. The van der Waals surface area contributed by atoms with Crippen LogP contribution in [0.3, 0.4) is 0 Å². The molecule has 1 atom stereocenters. The summed E-state index contributed by atoms with van der Waals surface area (Å²) in [5.41, 5.74) is 2.15. The van der Waals surface area contributed by atoms with Gasteiger partial charge in [0.15, 0.2) is 0 Å². The highest BCUT2D eigenvalue weighted by Gasteiger charge is 2.09. The molecule has 2 rings (SSSR count). The molecule has 20 heavy (non-hydrogen) atoms. The highest BCUT2D eigenvalue weighted by atomic mass is 35.5. The van der Waals surface area contributed by atoms with Crippen molar-refractivity contribution in [2.75, 3.05) is 6.61 Å². The van der Waals surface area contributed by atoms with Crippen LogP contribution in [0.15, 0.2) is 48.5 Å². The lowest BCUT2D eigenvalue weighted by Gasteiger charge is -2.16. The molecular formula is C16H18ClNO2. The molecule has 0 spiro atoms. The third-order valence-corrected chi connectivity index (χ3v) is 3.46. The molecule has 0 aliphatic heterocycles. The Labute approximate surface area is 123 Å². The minimum Gasteiger partial charge on any atom is -0.506 e. The molecule has 1 unspecified atom stereocenters. The van der Waals surface area contributed by atoms with Crippen molar-refractivity contribution in [3.05, 3.63) is 64.7 Å². The number of aromatic hydroxyl groups is 1. The average Bonchev–Trinajstić information content (AvgIpc) is 2.48. The number of aliphatic hydroxyl groups is 1. The van der Waals surface area contributed by atoms with Crippen molar-refractivity contribution in [3.8, 4) is 5.75 Å². The second-order valence-corrected chi connectivity index (χ2v) is 5.14. The third kappa shape index (κ3) is 4.23. The van der Waals surface area contributed by atoms with Gasteiger partial charge in [-0.1, -0.05) is 48.0 Å². The van der Waals surface area contributed by atoms with Crippen LogP contribution in [-0.2, 0) is 13.0 Å². The van der Waals surface area contributed by atoms with Crippen LogP contribution >= 0.6 is 11.6 Å². The number of hydrogen-bond donors (Lipinski definition) is 3. The largest absolute Gasteiger partial charge is 0.506 e. The van der Waals surface area contributed by atoms with E-state index < -0.39 is 0 Å². The molecule has 0 heterocycles. The first-order valence-corrected chi connectivity index (χ1v) is 6.92. The number of nitrogens with one attached hydrogen (secondary N) is 1. The minimum atomic E-state index is -0.0455. The van der Waals surface area contributed by atoms with Crippen LogP contribution in [0.2, 0.25) is 5.02 Å². The van der Waals surface area contributed by atoms with Crippen molar-refractivity contribution in [2.45, 2.75) is 19.0 Å². The molecule has 3 N–H and O–H groups in total. The molecule has 3 nitrogen and oxygen atoms in total. The van der Waals surface area contributed by atoms with Gasteiger partial charge in [0.1, 0.15) is 5.75 Å². The average molecular weight is 292 g/mol. The van der Waals surface area contributed by atoms with Crippen LogP contribution in [0.25, 0.3) is 0 Å². The molecule has 0 amide bonds. The van der Waals surface area contributed by atoms with E-state index in [1.165, 1.54) is 5.56 Å². The number of aliphatic hydroxyl groups excluding tert-OH is 1. The van der Waals surface area contributed by atoms with Gasteiger partial charge in [-0.2, -0.15) is 0 Å². The van der Waals surface area contributed by atoms with Gasteiger partial charge in [0.05, 0.1) is 11.6 Å². The summed E-state index contributed by atoms with van der Waals surface area (Å²) in [7, 11) is 0. The maximum absolute atomic E-state index is 9.44. The predicted molar refractivity (Wildman–Crippen MR) is 81.0 cm³/mol. The van der Waals surface area contributed by atoms with E-state index in [4.69, 9.17) is 11.6 Å². The van der Waals surface area contributed by atoms with E-state index in [0.717, 1.165) is 5.56 Å². The first kappa shape index (κ1) is 14.9. The van der Waals surface area contributed by atoms with Crippen molar-refractivity contribution in [1.82, 2.24) is 5.32 Å². The molecule has 4 heteroatoms. The van der Waals surface area contributed by atoms with E-state index >= 15 is 0 Å². The molecule has 0 aromatic heterocycles. The lowest BCUT2D eigenvalue weighted by atomic mass is 10.1. The quantitative estimate of drug-likeness (QED) is 0.767. The van der Waals surface area contributed by atoms with Gasteiger partial charge in [-0.3, -0.25) is 0 Å². The Morgan fingerprint density at radius 3 is 2.45 bits per heavy atom. The first-order valence-electron chi connectivity index (χ1n) is 6.54. The first-order chi connectivity index (χ1) is 9.69.